The van der Waals surface area contributed by atoms with Crippen LogP contribution in [0.15, 0.2) is 35.8 Å². The molecule has 0 aliphatic heterocycles. The summed E-state index contributed by atoms with van der Waals surface area (Å²) in [7, 11) is 0. The Labute approximate surface area is 107 Å². The Kier molecular flexibility index (Phi) is 3.97. The minimum absolute atomic E-state index is 0.195. The summed E-state index contributed by atoms with van der Waals surface area (Å²) < 4.78 is 13.8. The van der Waals surface area contributed by atoms with Crippen molar-refractivity contribution >= 4 is 5.96 Å². The van der Waals surface area contributed by atoms with E-state index in [1.54, 1.807) is 18.2 Å². The fourth-order valence-corrected chi connectivity index (χ4v) is 1.77. The number of aliphatic imine (C=N–C) groups is 1. The van der Waals surface area contributed by atoms with Gasteiger partial charge in [-0.15, -0.1) is 6.58 Å². The van der Waals surface area contributed by atoms with Gasteiger partial charge in [-0.25, -0.2) is 9.38 Å². The standard InChI is InChI=1S/C14H18FN3/c1-2-7-17-14(16)18-9-12-6-5-11(8-13(12)15)10-3-4-10/h2,5-6,8,10H,1,3-4,7,9H2,(H3,16,17,18). The van der Waals surface area contributed by atoms with Crippen molar-refractivity contribution in [2.75, 3.05) is 6.54 Å². The summed E-state index contributed by atoms with van der Waals surface area (Å²) in [5.41, 5.74) is 7.28. The third kappa shape index (κ3) is 3.32. The van der Waals surface area contributed by atoms with E-state index in [-0.39, 0.29) is 12.4 Å². The van der Waals surface area contributed by atoms with Crippen molar-refractivity contribution in [3.63, 3.8) is 0 Å². The minimum atomic E-state index is -0.195. The second-order valence-electron chi connectivity index (χ2n) is 4.50. The van der Waals surface area contributed by atoms with Crippen molar-refractivity contribution in [1.82, 2.24) is 5.32 Å². The Morgan fingerprint density at radius 3 is 2.94 bits per heavy atom. The molecule has 0 spiro atoms. The van der Waals surface area contributed by atoms with Gasteiger partial charge >= 0.3 is 0 Å². The number of benzene rings is 1. The van der Waals surface area contributed by atoms with E-state index in [0.717, 1.165) is 5.56 Å². The van der Waals surface area contributed by atoms with E-state index >= 15 is 0 Å². The van der Waals surface area contributed by atoms with Gasteiger partial charge in [-0.05, 0) is 30.4 Å². The van der Waals surface area contributed by atoms with Crippen LogP contribution in [0.25, 0.3) is 0 Å². The monoisotopic (exact) mass is 247 g/mol. The molecule has 1 fully saturated rings. The van der Waals surface area contributed by atoms with Crippen molar-refractivity contribution in [2.45, 2.75) is 25.3 Å². The van der Waals surface area contributed by atoms with Crippen LogP contribution < -0.4 is 11.1 Å². The molecule has 0 amide bonds. The van der Waals surface area contributed by atoms with Crippen LogP contribution in [0.3, 0.4) is 0 Å². The van der Waals surface area contributed by atoms with Gasteiger partial charge in [0, 0.05) is 12.1 Å². The molecule has 4 heteroatoms. The van der Waals surface area contributed by atoms with Crippen LogP contribution in [0.5, 0.6) is 0 Å². The predicted molar refractivity (Wildman–Crippen MR) is 71.9 cm³/mol. The Bertz CT molecular complexity index is 464. The molecule has 0 aromatic heterocycles. The first-order valence-corrected chi connectivity index (χ1v) is 6.13. The van der Waals surface area contributed by atoms with Gasteiger partial charge in [0.2, 0.25) is 0 Å². The second-order valence-corrected chi connectivity index (χ2v) is 4.50. The van der Waals surface area contributed by atoms with Crippen LogP contribution in [0, 0.1) is 5.82 Å². The predicted octanol–water partition coefficient (Wildman–Crippen LogP) is 2.29. The van der Waals surface area contributed by atoms with Gasteiger partial charge in [-0.2, -0.15) is 0 Å². The molecule has 1 aliphatic rings. The topological polar surface area (TPSA) is 50.4 Å². The lowest BCUT2D eigenvalue weighted by molar-refractivity contribution is 0.608. The van der Waals surface area contributed by atoms with E-state index in [1.165, 1.54) is 12.8 Å². The molecule has 1 saturated carbocycles. The van der Waals surface area contributed by atoms with E-state index in [0.29, 0.717) is 24.0 Å². The van der Waals surface area contributed by atoms with E-state index < -0.39 is 0 Å². The van der Waals surface area contributed by atoms with Crippen LogP contribution in [0.1, 0.15) is 29.9 Å². The number of guanidine groups is 1. The molecule has 1 aromatic rings. The lowest BCUT2D eigenvalue weighted by atomic mass is 10.1. The molecule has 3 N–H and O–H groups in total. The molecular formula is C14H18FN3. The largest absolute Gasteiger partial charge is 0.370 e. The summed E-state index contributed by atoms with van der Waals surface area (Å²) >= 11 is 0. The Hall–Kier alpha value is -1.84. The molecule has 0 atom stereocenters. The van der Waals surface area contributed by atoms with Crippen LogP contribution in [0.2, 0.25) is 0 Å². The van der Waals surface area contributed by atoms with Crippen LogP contribution in [-0.4, -0.2) is 12.5 Å². The van der Waals surface area contributed by atoms with Gasteiger partial charge in [0.25, 0.3) is 0 Å². The molecule has 0 unspecified atom stereocenters. The Morgan fingerprint density at radius 2 is 2.33 bits per heavy atom. The number of hydrogen-bond donors (Lipinski definition) is 2. The summed E-state index contributed by atoms with van der Waals surface area (Å²) in [6, 6.07) is 5.40. The summed E-state index contributed by atoms with van der Waals surface area (Å²) in [5.74, 6) is 0.677. The summed E-state index contributed by atoms with van der Waals surface area (Å²) in [5, 5.41) is 2.85. The summed E-state index contributed by atoms with van der Waals surface area (Å²) in [6.45, 7) is 4.37. The molecule has 0 radical (unpaired) electrons. The van der Waals surface area contributed by atoms with Crippen molar-refractivity contribution in [3.8, 4) is 0 Å². The lowest BCUT2D eigenvalue weighted by Gasteiger charge is -2.05. The normalized spacial score (nSPS) is 15.5. The number of nitrogens with one attached hydrogen (secondary N) is 1. The highest BCUT2D eigenvalue weighted by Crippen LogP contribution is 2.40. The number of rotatable bonds is 5. The zero-order valence-electron chi connectivity index (χ0n) is 10.3. The fraction of sp³-hybridized carbons (Fsp3) is 0.357. The number of halogens is 1. The quantitative estimate of drug-likeness (QED) is 0.476. The van der Waals surface area contributed by atoms with Gasteiger partial charge < -0.3 is 11.1 Å². The molecule has 96 valence electrons. The zero-order chi connectivity index (χ0) is 13.0. The van der Waals surface area contributed by atoms with Crippen molar-refractivity contribution in [2.24, 2.45) is 10.7 Å². The van der Waals surface area contributed by atoms with Crippen LogP contribution in [0.4, 0.5) is 4.39 Å². The third-order valence-electron chi connectivity index (χ3n) is 2.97. The SMILES string of the molecule is C=CCNC(N)=NCc1ccc(C2CC2)cc1F. The first kappa shape index (κ1) is 12.6. The van der Waals surface area contributed by atoms with E-state index in [9.17, 15) is 4.39 Å². The van der Waals surface area contributed by atoms with Gasteiger partial charge in [-0.1, -0.05) is 18.2 Å². The molecule has 1 aromatic carbocycles. The third-order valence-corrected chi connectivity index (χ3v) is 2.97. The minimum Gasteiger partial charge on any atom is -0.370 e. The molecule has 0 heterocycles. The van der Waals surface area contributed by atoms with Crippen molar-refractivity contribution < 1.29 is 4.39 Å². The molecular weight excluding hydrogens is 229 g/mol. The molecule has 1 aliphatic carbocycles. The Balaban J connectivity index is 1.98. The number of nitrogens with two attached hydrogens (primary N) is 1. The van der Waals surface area contributed by atoms with Gasteiger partial charge in [0.1, 0.15) is 5.82 Å². The number of nitrogens with zero attached hydrogens (tertiary/aromatic N) is 1. The molecule has 0 saturated heterocycles. The fourth-order valence-electron chi connectivity index (χ4n) is 1.77. The van der Waals surface area contributed by atoms with E-state index in [2.05, 4.69) is 16.9 Å². The van der Waals surface area contributed by atoms with Crippen molar-refractivity contribution in [3.05, 3.63) is 47.8 Å². The highest BCUT2D eigenvalue weighted by molar-refractivity contribution is 5.77. The first-order valence-electron chi connectivity index (χ1n) is 6.13. The highest BCUT2D eigenvalue weighted by atomic mass is 19.1. The smallest absolute Gasteiger partial charge is 0.189 e. The van der Waals surface area contributed by atoms with E-state index in [1.807, 2.05) is 6.07 Å². The first-order chi connectivity index (χ1) is 8.70. The maximum atomic E-state index is 13.8. The molecule has 18 heavy (non-hydrogen) atoms. The van der Waals surface area contributed by atoms with Crippen LogP contribution in [-0.2, 0) is 6.54 Å². The zero-order valence-corrected chi connectivity index (χ0v) is 10.3. The van der Waals surface area contributed by atoms with Gasteiger partial charge in [0.05, 0.1) is 6.54 Å². The van der Waals surface area contributed by atoms with Gasteiger partial charge in [-0.3, -0.25) is 0 Å². The summed E-state index contributed by atoms with van der Waals surface area (Å²) in [6.07, 6.45) is 4.04. The second kappa shape index (κ2) is 5.67. The number of hydrogen-bond acceptors (Lipinski definition) is 1. The van der Waals surface area contributed by atoms with E-state index in [4.69, 9.17) is 5.73 Å². The summed E-state index contributed by atoms with van der Waals surface area (Å²) in [4.78, 5) is 4.08. The Morgan fingerprint density at radius 1 is 1.56 bits per heavy atom. The maximum absolute atomic E-state index is 13.8. The maximum Gasteiger partial charge on any atom is 0.189 e. The van der Waals surface area contributed by atoms with Crippen molar-refractivity contribution in [1.29, 1.82) is 0 Å². The lowest BCUT2D eigenvalue weighted by Crippen LogP contribution is -2.31. The van der Waals surface area contributed by atoms with Gasteiger partial charge in [0.15, 0.2) is 5.96 Å². The molecule has 2 rings (SSSR count). The average Bonchev–Trinajstić information content (AvgIpc) is 3.19. The molecule has 3 nitrogen and oxygen atoms in total. The van der Waals surface area contributed by atoms with Crippen LogP contribution >= 0.6 is 0 Å². The average molecular weight is 247 g/mol. The highest BCUT2D eigenvalue weighted by Gasteiger charge is 2.24. The molecule has 0 bridgehead atoms.